The molecular weight excluding hydrogens is 416 g/mol. The third-order valence-electron chi connectivity index (χ3n) is 5.15. The van der Waals surface area contributed by atoms with Crippen LogP contribution < -0.4 is 20.9 Å². The molecule has 1 aromatic carbocycles. The van der Waals surface area contributed by atoms with E-state index in [4.69, 9.17) is 4.74 Å². The Kier molecular flexibility index (Phi) is 6.03. The third kappa shape index (κ3) is 4.93. The minimum Gasteiger partial charge on any atom is -0.484 e. The molecule has 2 aromatic heterocycles. The quantitative estimate of drug-likeness (QED) is 0.557. The molecule has 3 aromatic rings. The molecule has 1 fully saturated rings. The highest BCUT2D eigenvalue weighted by Crippen LogP contribution is 2.26. The first-order valence-electron chi connectivity index (χ1n) is 10.2. The molecule has 1 aliphatic rings. The maximum atomic E-state index is 12.6. The molecule has 9 heteroatoms. The minimum atomic E-state index is -0.204. The number of thiophene rings is 1. The van der Waals surface area contributed by atoms with Crippen molar-refractivity contribution in [3.63, 3.8) is 0 Å². The SMILES string of the molecule is Cc1c(C(=O)NCCc2ccc(OCC(=O)NC3CC3)cc2)sc2ncn(C)c(=O)c12. The first-order chi connectivity index (χ1) is 14.9. The summed E-state index contributed by atoms with van der Waals surface area (Å²) in [7, 11) is 1.64. The molecule has 0 bridgehead atoms. The zero-order valence-corrected chi connectivity index (χ0v) is 18.3. The Bertz CT molecular complexity index is 1180. The normalized spacial score (nSPS) is 13.2. The Morgan fingerprint density at radius 3 is 2.71 bits per heavy atom. The number of hydrogen-bond acceptors (Lipinski definition) is 6. The average molecular weight is 441 g/mol. The molecule has 2 amide bonds. The van der Waals surface area contributed by atoms with E-state index in [9.17, 15) is 14.4 Å². The second-order valence-electron chi connectivity index (χ2n) is 7.68. The second kappa shape index (κ2) is 8.89. The minimum absolute atomic E-state index is 0.0123. The highest BCUT2D eigenvalue weighted by atomic mass is 32.1. The van der Waals surface area contributed by atoms with Gasteiger partial charge in [-0.15, -0.1) is 11.3 Å². The van der Waals surface area contributed by atoms with Crippen molar-refractivity contribution < 1.29 is 14.3 Å². The maximum absolute atomic E-state index is 12.6. The summed E-state index contributed by atoms with van der Waals surface area (Å²) in [6.45, 7) is 2.25. The zero-order chi connectivity index (χ0) is 22.0. The Balaban J connectivity index is 1.29. The van der Waals surface area contributed by atoms with E-state index in [1.54, 1.807) is 14.0 Å². The van der Waals surface area contributed by atoms with Crippen LogP contribution >= 0.6 is 11.3 Å². The van der Waals surface area contributed by atoms with Gasteiger partial charge >= 0.3 is 0 Å². The maximum Gasteiger partial charge on any atom is 0.262 e. The Hall–Kier alpha value is -3.20. The fourth-order valence-corrected chi connectivity index (χ4v) is 4.28. The predicted octanol–water partition coefficient (Wildman–Crippen LogP) is 1.93. The summed E-state index contributed by atoms with van der Waals surface area (Å²) < 4.78 is 6.91. The van der Waals surface area contributed by atoms with Gasteiger partial charge in [-0.25, -0.2) is 4.98 Å². The number of nitrogens with zero attached hydrogens (tertiary/aromatic N) is 2. The Morgan fingerprint density at radius 2 is 2.00 bits per heavy atom. The van der Waals surface area contributed by atoms with Gasteiger partial charge in [0.15, 0.2) is 6.61 Å². The summed E-state index contributed by atoms with van der Waals surface area (Å²) in [6.07, 6.45) is 4.22. The van der Waals surface area contributed by atoms with Gasteiger partial charge in [0.05, 0.1) is 16.6 Å². The van der Waals surface area contributed by atoms with Gasteiger partial charge in [0.1, 0.15) is 10.6 Å². The van der Waals surface area contributed by atoms with E-state index in [0.717, 1.165) is 18.4 Å². The lowest BCUT2D eigenvalue weighted by Crippen LogP contribution is -2.30. The Morgan fingerprint density at radius 1 is 1.26 bits per heavy atom. The standard InChI is InChI=1S/C22H24N4O4S/c1-13-18-21(24-12-26(2)22(18)29)31-19(13)20(28)23-10-9-14-3-7-16(8-4-14)30-11-17(27)25-15-5-6-15/h3-4,7-8,12,15H,5-6,9-11H2,1-2H3,(H,23,28)(H,25,27). The van der Waals surface area contributed by atoms with Crippen molar-refractivity contribution in [2.45, 2.75) is 32.2 Å². The van der Waals surface area contributed by atoms with Crippen LogP contribution in [0.2, 0.25) is 0 Å². The fourth-order valence-electron chi connectivity index (χ4n) is 3.22. The number of nitrogens with one attached hydrogen (secondary N) is 2. The fraction of sp³-hybridized carbons (Fsp3) is 0.364. The average Bonchev–Trinajstić information content (AvgIpc) is 3.50. The molecule has 0 atom stereocenters. The van der Waals surface area contributed by atoms with Gasteiger partial charge in [-0.3, -0.25) is 14.4 Å². The summed E-state index contributed by atoms with van der Waals surface area (Å²) in [5, 5.41) is 6.29. The largest absolute Gasteiger partial charge is 0.484 e. The molecule has 8 nitrogen and oxygen atoms in total. The third-order valence-corrected chi connectivity index (χ3v) is 6.35. The summed E-state index contributed by atoms with van der Waals surface area (Å²) >= 11 is 1.23. The summed E-state index contributed by atoms with van der Waals surface area (Å²) in [6, 6.07) is 7.79. The van der Waals surface area contributed by atoms with Crippen LogP contribution in [0.15, 0.2) is 35.4 Å². The van der Waals surface area contributed by atoms with Crippen molar-refractivity contribution >= 4 is 33.4 Å². The van der Waals surface area contributed by atoms with Crippen molar-refractivity contribution in [1.29, 1.82) is 0 Å². The van der Waals surface area contributed by atoms with Gasteiger partial charge in [-0.2, -0.15) is 0 Å². The van der Waals surface area contributed by atoms with E-state index in [2.05, 4.69) is 15.6 Å². The predicted molar refractivity (Wildman–Crippen MR) is 119 cm³/mol. The monoisotopic (exact) mass is 440 g/mol. The van der Waals surface area contributed by atoms with Gasteiger partial charge in [-0.1, -0.05) is 12.1 Å². The number of fused-ring (bicyclic) bond motifs is 1. The highest BCUT2D eigenvalue weighted by Gasteiger charge is 2.23. The summed E-state index contributed by atoms with van der Waals surface area (Å²) in [5.41, 5.74) is 1.56. The van der Waals surface area contributed by atoms with Crippen LogP contribution in [0.1, 0.15) is 33.6 Å². The van der Waals surface area contributed by atoms with Crippen molar-refractivity contribution in [3.8, 4) is 5.75 Å². The highest BCUT2D eigenvalue weighted by molar-refractivity contribution is 7.20. The van der Waals surface area contributed by atoms with Crippen LogP contribution in [-0.4, -0.2) is 40.6 Å². The van der Waals surface area contributed by atoms with E-state index >= 15 is 0 Å². The lowest BCUT2D eigenvalue weighted by atomic mass is 10.1. The van der Waals surface area contributed by atoms with Gasteiger partial charge < -0.3 is 19.9 Å². The smallest absolute Gasteiger partial charge is 0.262 e. The lowest BCUT2D eigenvalue weighted by Gasteiger charge is -2.08. The van der Waals surface area contributed by atoms with Crippen molar-refractivity contribution in [2.24, 2.45) is 7.05 Å². The van der Waals surface area contributed by atoms with E-state index < -0.39 is 0 Å². The van der Waals surface area contributed by atoms with Crippen molar-refractivity contribution in [2.75, 3.05) is 13.2 Å². The molecule has 2 heterocycles. The summed E-state index contributed by atoms with van der Waals surface area (Å²) in [4.78, 5) is 41.9. The van der Waals surface area contributed by atoms with Crippen LogP contribution in [0.3, 0.4) is 0 Å². The molecule has 0 saturated heterocycles. The molecular formula is C22H24N4O4S. The van der Waals surface area contributed by atoms with Gasteiger partial charge in [0.25, 0.3) is 17.4 Å². The van der Waals surface area contributed by atoms with Crippen LogP contribution in [-0.2, 0) is 18.3 Å². The number of rotatable bonds is 8. The number of amides is 2. The molecule has 162 valence electrons. The molecule has 4 rings (SSSR count). The topological polar surface area (TPSA) is 102 Å². The molecule has 0 unspecified atom stereocenters. The van der Waals surface area contributed by atoms with Gasteiger partial charge in [0, 0.05) is 19.6 Å². The lowest BCUT2D eigenvalue weighted by molar-refractivity contribution is -0.123. The molecule has 31 heavy (non-hydrogen) atoms. The number of hydrogen-bond donors (Lipinski definition) is 2. The zero-order valence-electron chi connectivity index (χ0n) is 17.4. The number of carbonyl (C=O) groups excluding carboxylic acids is 2. The van der Waals surface area contributed by atoms with E-state index in [1.165, 1.54) is 22.2 Å². The molecule has 1 saturated carbocycles. The van der Waals surface area contributed by atoms with Crippen LogP contribution in [0.5, 0.6) is 5.75 Å². The van der Waals surface area contributed by atoms with Crippen molar-refractivity contribution in [1.82, 2.24) is 20.2 Å². The van der Waals surface area contributed by atoms with Gasteiger partial charge in [0.2, 0.25) is 0 Å². The van der Waals surface area contributed by atoms with E-state index in [1.807, 2.05) is 24.3 Å². The van der Waals surface area contributed by atoms with E-state index in [-0.39, 0.29) is 24.0 Å². The molecule has 0 radical (unpaired) electrons. The molecule has 0 aliphatic heterocycles. The molecule has 1 aliphatic carbocycles. The summed E-state index contributed by atoms with van der Waals surface area (Å²) in [5.74, 6) is 0.330. The second-order valence-corrected chi connectivity index (χ2v) is 8.68. The van der Waals surface area contributed by atoms with Crippen LogP contribution in [0.25, 0.3) is 10.2 Å². The first kappa shape index (κ1) is 21.0. The first-order valence-corrected chi connectivity index (χ1v) is 11.0. The van der Waals surface area contributed by atoms with Crippen LogP contribution in [0.4, 0.5) is 0 Å². The number of aromatic nitrogens is 2. The number of ether oxygens (including phenoxy) is 1. The van der Waals surface area contributed by atoms with Crippen LogP contribution in [0, 0.1) is 6.92 Å². The molecule has 0 spiro atoms. The number of benzene rings is 1. The number of aryl methyl sites for hydroxylation is 2. The molecule has 2 N–H and O–H groups in total. The Labute approximate surface area is 183 Å². The van der Waals surface area contributed by atoms with Gasteiger partial charge in [-0.05, 0) is 49.4 Å². The van der Waals surface area contributed by atoms with E-state index in [0.29, 0.717) is 45.4 Å². The van der Waals surface area contributed by atoms with Crippen molar-refractivity contribution in [3.05, 3.63) is 57.0 Å². The number of carbonyl (C=O) groups is 2.